The summed E-state index contributed by atoms with van der Waals surface area (Å²) >= 11 is 0. The first-order chi connectivity index (χ1) is 63.5. The van der Waals surface area contributed by atoms with Gasteiger partial charge in [0, 0.05) is 133 Å². The van der Waals surface area contributed by atoms with Gasteiger partial charge in [0.2, 0.25) is 0 Å². The first-order valence-corrected chi connectivity index (χ1v) is 43.9. The minimum absolute atomic E-state index is 0.133. The van der Waals surface area contributed by atoms with E-state index >= 15 is 0 Å². The van der Waals surface area contributed by atoms with Gasteiger partial charge in [0.1, 0.15) is 0 Å². The highest BCUT2D eigenvalue weighted by molar-refractivity contribution is 6.19. The number of ether oxygens (including phenoxy) is 5. The van der Waals surface area contributed by atoms with Crippen LogP contribution in [0.25, 0.3) is 175 Å². The highest BCUT2D eigenvalue weighted by Crippen LogP contribution is 2.40. The molecule has 9 heterocycles. The molecule has 0 unspecified atom stereocenters. The summed E-state index contributed by atoms with van der Waals surface area (Å²) in [7, 11) is 0. The largest absolute Gasteiger partial charge is 0.453 e. The number of hydrogen-bond donors (Lipinski definition) is 5. The average Bonchev–Trinajstić information content (AvgIpc) is 0.734. The van der Waals surface area contributed by atoms with E-state index < -0.39 is 0 Å². The fraction of sp³-hybridized carbons (Fsp3) is 0.231. The molecule has 130 heavy (non-hydrogen) atoms. The molecular formula is C104H89N9O17. The van der Waals surface area contributed by atoms with Gasteiger partial charge in [-0.2, -0.15) is 0 Å². The van der Waals surface area contributed by atoms with Gasteiger partial charge < -0.3 is 86.2 Å². The fourth-order valence-electron chi connectivity index (χ4n) is 18.8. The van der Waals surface area contributed by atoms with E-state index in [-0.39, 0.29) is 43.4 Å². The van der Waals surface area contributed by atoms with E-state index in [1.54, 1.807) is 97.1 Å². The van der Waals surface area contributed by atoms with Crippen LogP contribution in [0.2, 0.25) is 0 Å². The first kappa shape index (κ1) is 82.3. The number of morpholine rings is 5. The zero-order valence-corrected chi connectivity index (χ0v) is 71.8. The zero-order chi connectivity index (χ0) is 88.7. The Balaban J connectivity index is 0.000000102. The molecule has 0 saturated carbocycles. The third-order valence-electron chi connectivity index (χ3n) is 25.3. The molecule has 0 atom stereocenters. The van der Waals surface area contributed by atoms with Crippen molar-refractivity contribution in [3.8, 4) is 0 Å². The van der Waals surface area contributed by atoms with Crippen molar-refractivity contribution in [2.45, 2.75) is 27.7 Å². The number of fused-ring (bicyclic) bond motifs is 20. The molecule has 5 N–H and O–H groups in total. The summed E-state index contributed by atoms with van der Waals surface area (Å²) in [6.45, 7) is 21.7. The summed E-state index contributed by atoms with van der Waals surface area (Å²) < 4.78 is 52.0. The van der Waals surface area contributed by atoms with Crippen LogP contribution in [-0.2, 0) is 23.7 Å². The third kappa shape index (κ3) is 14.8. The second kappa shape index (κ2) is 34.2. The van der Waals surface area contributed by atoms with Crippen molar-refractivity contribution < 1.29 is 41.4 Å². The van der Waals surface area contributed by atoms with Crippen molar-refractivity contribution in [2.24, 2.45) is 0 Å². The Kier molecular flexibility index (Phi) is 21.6. The molecule has 5 aliphatic rings. The summed E-state index contributed by atoms with van der Waals surface area (Å²) in [6.07, 6.45) is 0. The lowest BCUT2D eigenvalue weighted by molar-refractivity contribution is 0.109. The summed E-state index contributed by atoms with van der Waals surface area (Å²) in [6, 6.07) is 59.1. The standard InChI is InChI=1S/4C25H20N2O4.C4H9NO/c4*1-14-6-7-17-19(12-14)31-20-13-18(27-8-10-30-11-9-27)21-22(23(20)26-17)25(29)16-5-3-2-4-15(16)24(21)28;1-3-6-4-2-5-1/h4*2-7,12-13,26H,8-11H2,1H3;5H,1-4H2. The van der Waals surface area contributed by atoms with Gasteiger partial charge in [0.25, 0.3) is 0 Å². The number of rotatable bonds is 4. The second-order valence-corrected chi connectivity index (χ2v) is 33.6. The molecule has 26 heteroatoms. The second-order valence-electron chi connectivity index (χ2n) is 33.6. The number of H-pyrrole nitrogens is 4. The molecule has 0 radical (unpaired) electrons. The summed E-state index contributed by atoms with van der Waals surface area (Å²) in [5.41, 5.74) is 16.4. The van der Waals surface area contributed by atoms with Crippen LogP contribution in [0, 0.1) is 27.7 Å². The van der Waals surface area contributed by atoms with Crippen molar-refractivity contribution in [3.63, 3.8) is 0 Å². The van der Waals surface area contributed by atoms with E-state index in [0.29, 0.717) is 258 Å². The first-order valence-electron chi connectivity index (χ1n) is 43.9. The molecule has 652 valence electrons. The van der Waals surface area contributed by atoms with Crippen molar-refractivity contribution in [1.82, 2.24) is 25.3 Å². The lowest BCUT2D eigenvalue weighted by Crippen LogP contribution is -2.37. The molecule has 0 spiro atoms. The third-order valence-corrected chi connectivity index (χ3v) is 25.3. The highest BCUT2D eigenvalue weighted by Gasteiger charge is 2.30. The Hall–Kier alpha value is -14.6. The Morgan fingerprint density at radius 2 is 0.415 bits per heavy atom. The number of nitrogens with zero attached hydrogens (tertiary/aromatic N) is 4. The number of aromatic nitrogens is 4. The lowest BCUT2D eigenvalue weighted by Gasteiger charge is -2.30. The Morgan fingerprint density at radius 1 is 0.223 bits per heavy atom. The van der Waals surface area contributed by atoms with Gasteiger partial charge in [-0.25, -0.2) is 0 Å². The monoisotopic (exact) mass is 1740 g/mol. The maximum Gasteiger partial charge on any atom is 0.196 e. The number of aryl methyl sites for hydroxylation is 4. The number of anilines is 4. The van der Waals surface area contributed by atoms with Crippen LogP contribution >= 0.6 is 0 Å². The van der Waals surface area contributed by atoms with E-state index in [4.69, 9.17) is 41.4 Å². The maximum absolute atomic E-state index is 13.6. The molecular weight excluding hydrogens is 1650 g/mol. The molecule has 4 aromatic heterocycles. The minimum atomic E-state index is -0.164. The van der Waals surface area contributed by atoms with Gasteiger partial charge in [-0.3, -0.25) is 38.4 Å². The van der Waals surface area contributed by atoms with Crippen LogP contribution in [0.4, 0.5) is 22.7 Å². The van der Waals surface area contributed by atoms with E-state index in [1.807, 2.05) is 125 Å². The molecule has 26 nitrogen and oxygen atoms in total. The summed E-state index contributed by atoms with van der Waals surface area (Å²) in [5, 5.41) is 9.96. The van der Waals surface area contributed by atoms with Crippen molar-refractivity contribution in [2.75, 3.05) is 151 Å². The van der Waals surface area contributed by atoms with Crippen LogP contribution in [0.5, 0.6) is 0 Å². The number of hydrogen-bond acceptors (Lipinski definition) is 22. The van der Waals surface area contributed by atoms with Crippen LogP contribution < -0.4 is 68.3 Å². The Morgan fingerprint density at radius 3 is 0.600 bits per heavy atom. The molecule has 20 aromatic rings. The van der Waals surface area contributed by atoms with E-state index in [9.17, 15) is 38.4 Å². The van der Waals surface area contributed by atoms with Crippen LogP contribution in [-0.4, -0.2) is 151 Å². The molecule has 16 aromatic carbocycles. The summed E-state index contributed by atoms with van der Waals surface area (Å²) in [5.74, 6) is 0. The van der Waals surface area contributed by atoms with E-state index in [2.05, 4.69) is 44.9 Å². The smallest absolute Gasteiger partial charge is 0.196 e. The van der Waals surface area contributed by atoms with Gasteiger partial charge >= 0.3 is 0 Å². The predicted molar refractivity (Wildman–Crippen MR) is 517 cm³/mol. The van der Waals surface area contributed by atoms with Gasteiger partial charge in [-0.1, -0.05) is 121 Å². The summed E-state index contributed by atoms with van der Waals surface area (Å²) in [4.78, 5) is 131. The quantitative estimate of drug-likeness (QED) is 0.0807. The number of nitrogens with one attached hydrogen (secondary N) is 5. The molecule has 5 saturated heterocycles. The SMILES string of the molecule is C1COCCN1.Cc1ccc2[nH]c3c(cc(N4CCOCC4)c4c(=O)c5ccccc5c(=O)c43)oc2c1.Cc1ccc2[nH]c3c(cc(N4CCOCC4)c4c(=O)c5ccccc5c(=O)c43)oc2c1.Cc1ccc2[nH]c3c(cc(N4CCOCC4)c4c(=O)c5ccccc5c(=O)c43)oc2c1.Cc1ccc2[nH]c3c(cc(N4CCOCC4)c4c(=O)c5ccccc5c(=O)c43)oc2c1. The lowest BCUT2D eigenvalue weighted by atomic mass is 9.99. The number of aromatic amines is 4. The molecule has 5 fully saturated rings. The highest BCUT2D eigenvalue weighted by atomic mass is 16.5. The molecule has 0 amide bonds. The maximum atomic E-state index is 13.6. The average molecular weight is 1740 g/mol. The fourth-order valence-corrected chi connectivity index (χ4v) is 18.8. The van der Waals surface area contributed by atoms with Gasteiger partial charge in [-0.05, 0) is 98.5 Å². The molecule has 0 aliphatic carbocycles. The van der Waals surface area contributed by atoms with Gasteiger partial charge in [0.15, 0.2) is 88.1 Å². The van der Waals surface area contributed by atoms with Crippen molar-refractivity contribution >= 4 is 198 Å². The topological polar surface area (TPSA) is 323 Å². The molecule has 25 rings (SSSR count). The van der Waals surface area contributed by atoms with Gasteiger partial charge in [-0.15, -0.1) is 0 Å². The molecule has 0 bridgehead atoms. The normalized spacial score (nSPS) is 15.2. The number of benzene rings is 16. The Bertz CT molecular complexity index is 7600. The minimum Gasteiger partial charge on any atom is -0.453 e. The molecule has 5 aliphatic heterocycles. The zero-order valence-electron chi connectivity index (χ0n) is 71.8. The van der Waals surface area contributed by atoms with Crippen molar-refractivity contribution in [1.29, 1.82) is 0 Å². The van der Waals surface area contributed by atoms with Gasteiger partial charge in [0.05, 0.1) is 176 Å². The van der Waals surface area contributed by atoms with E-state index in [1.165, 1.54) is 0 Å². The predicted octanol–water partition coefficient (Wildman–Crippen LogP) is 15.9. The van der Waals surface area contributed by atoms with Crippen LogP contribution in [0.3, 0.4) is 0 Å². The van der Waals surface area contributed by atoms with E-state index in [0.717, 1.165) is 93.4 Å². The van der Waals surface area contributed by atoms with Crippen molar-refractivity contribution in [3.05, 3.63) is 298 Å². The van der Waals surface area contributed by atoms with Crippen LogP contribution in [0.1, 0.15) is 22.3 Å². The van der Waals surface area contributed by atoms with Crippen LogP contribution in [0.15, 0.2) is 250 Å². The Labute approximate surface area is 737 Å².